The van der Waals surface area contributed by atoms with Gasteiger partial charge in [-0.25, -0.2) is 0 Å². The number of anilines is 1. The van der Waals surface area contributed by atoms with Gasteiger partial charge in [-0.05, 0) is 57.0 Å². The smallest absolute Gasteiger partial charge is 0.384 e. The van der Waals surface area contributed by atoms with Crippen molar-refractivity contribution in [1.82, 2.24) is 15.1 Å². The Morgan fingerprint density at radius 2 is 1.88 bits per heavy atom. The lowest BCUT2D eigenvalue weighted by atomic mass is 9.96. The second-order valence-corrected chi connectivity index (χ2v) is 12.3. The molecule has 230 valence electrons. The molecule has 0 radical (unpaired) electrons. The molecule has 2 amide bonds. The highest BCUT2D eigenvalue weighted by Crippen LogP contribution is 2.65. The summed E-state index contributed by atoms with van der Waals surface area (Å²) in [6.07, 6.45) is -7.87. The Hall–Kier alpha value is -2.92. The van der Waals surface area contributed by atoms with Gasteiger partial charge in [-0.1, -0.05) is 19.1 Å². The molecular weight excluding hydrogens is 584 g/mol. The number of halogens is 6. The first-order chi connectivity index (χ1) is 19.7. The van der Waals surface area contributed by atoms with Crippen LogP contribution in [0.1, 0.15) is 32.3 Å². The maximum atomic E-state index is 13.3. The van der Waals surface area contributed by atoms with E-state index in [-0.39, 0.29) is 41.5 Å². The molecule has 0 spiro atoms. The minimum absolute atomic E-state index is 0.0657. The quantitative estimate of drug-likeness (QED) is 0.232. The molecule has 2 N–H and O–H groups in total. The number of alkyl halides is 6. The minimum atomic E-state index is -4.64. The van der Waals surface area contributed by atoms with Crippen LogP contribution in [0.2, 0.25) is 0 Å². The number of amides is 2. The van der Waals surface area contributed by atoms with Crippen LogP contribution >= 0.6 is 11.8 Å². The lowest BCUT2D eigenvalue weighted by Crippen LogP contribution is -2.39. The van der Waals surface area contributed by atoms with Crippen molar-refractivity contribution in [2.24, 2.45) is 17.3 Å². The molecular formula is C28H33F6N5O2S. The largest absolute Gasteiger partial charge is 0.405 e. The number of nitriles is 1. The highest BCUT2D eigenvalue weighted by Gasteiger charge is 2.69. The van der Waals surface area contributed by atoms with Gasteiger partial charge < -0.3 is 20.4 Å². The third-order valence-corrected chi connectivity index (χ3v) is 9.97. The molecule has 42 heavy (non-hydrogen) atoms. The summed E-state index contributed by atoms with van der Waals surface area (Å²) < 4.78 is 76.6. The predicted octanol–water partition coefficient (Wildman–Crippen LogP) is 4.93. The van der Waals surface area contributed by atoms with Crippen LogP contribution < -0.4 is 10.6 Å². The maximum Gasteiger partial charge on any atom is 0.405 e. The SMILES string of the molecule is CCN1C(=O)C2C(S/C1=C(/C#N)C(=O)NCC(F)(F)F)C2(C)CNc1cccc(CCN2CCC(C(F)(F)F)CC2)c1. The number of fused-ring (bicyclic) bond motifs is 1. The van der Waals surface area contributed by atoms with E-state index in [1.165, 1.54) is 16.7 Å². The number of nitrogens with one attached hydrogen (secondary N) is 2. The molecule has 1 saturated carbocycles. The van der Waals surface area contributed by atoms with Crippen LogP contribution in [-0.4, -0.2) is 78.5 Å². The third-order valence-electron chi connectivity index (χ3n) is 8.26. The number of nitrogens with zero attached hydrogens (tertiary/aromatic N) is 3. The fourth-order valence-corrected chi connectivity index (χ4v) is 7.48. The van der Waals surface area contributed by atoms with Crippen LogP contribution in [0.25, 0.3) is 0 Å². The lowest BCUT2D eigenvalue weighted by molar-refractivity contribution is -0.185. The van der Waals surface area contributed by atoms with Gasteiger partial charge in [0.05, 0.1) is 11.8 Å². The van der Waals surface area contributed by atoms with Gasteiger partial charge in [-0.3, -0.25) is 9.59 Å². The number of hydrogen-bond donors (Lipinski definition) is 2. The van der Waals surface area contributed by atoms with Crippen molar-refractivity contribution < 1.29 is 35.9 Å². The zero-order valence-corrected chi connectivity index (χ0v) is 24.1. The zero-order chi connectivity index (χ0) is 30.9. The zero-order valence-electron chi connectivity index (χ0n) is 23.2. The summed E-state index contributed by atoms with van der Waals surface area (Å²) in [5.74, 6) is -3.07. The van der Waals surface area contributed by atoms with E-state index in [1.807, 2.05) is 36.1 Å². The molecule has 0 bridgehead atoms. The predicted molar refractivity (Wildman–Crippen MR) is 146 cm³/mol. The molecule has 2 heterocycles. The van der Waals surface area contributed by atoms with E-state index in [1.54, 1.807) is 18.3 Å². The number of hydrogen-bond acceptors (Lipinski definition) is 6. The number of thioether (sulfide) groups is 1. The monoisotopic (exact) mass is 617 g/mol. The van der Waals surface area contributed by atoms with Crippen LogP contribution in [0, 0.1) is 28.6 Å². The van der Waals surface area contributed by atoms with E-state index < -0.39 is 41.7 Å². The van der Waals surface area contributed by atoms with Gasteiger partial charge in [0.15, 0.2) is 0 Å². The van der Waals surface area contributed by atoms with Crippen LogP contribution in [0.5, 0.6) is 0 Å². The fraction of sp³-hybridized carbons (Fsp3) is 0.607. The van der Waals surface area contributed by atoms with E-state index >= 15 is 0 Å². The number of benzene rings is 1. The van der Waals surface area contributed by atoms with Gasteiger partial charge in [-0.2, -0.15) is 31.6 Å². The first kappa shape index (κ1) is 32.0. The third kappa shape index (κ3) is 7.16. The summed E-state index contributed by atoms with van der Waals surface area (Å²) in [7, 11) is 0. The summed E-state index contributed by atoms with van der Waals surface area (Å²) in [6, 6.07) is 9.37. The molecule has 3 unspecified atom stereocenters. The summed E-state index contributed by atoms with van der Waals surface area (Å²) >= 11 is 1.17. The van der Waals surface area contributed by atoms with Crippen LogP contribution in [-0.2, 0) is 16.0 Å². The molecule has 3 aliphatic rings. The maximum absolute atomic E-state index is 13.3. The normalized spacial score (nSPS) is 26.4. The molecule has 4 rings (SSSR count). The molecule has 2 saturated heterocycles. The fourth-order valence-electron chi connectivity index (χ4n) is 5.66. The topological polar surface area (TPSA) is 88.5 Å². The average Bonchev–Trinajstić information content (AvgIpc) is 3.53. The van der Waals surface area contributed by atoms with Crippen LogP contribution in [0.4, 0.5) is 32.0 Å². The molecule has 2 aliphatic heterocycles. The number of carbonyl (C=O) groups is 2. The van der Waals surface area contributed by atoms with E-state index in [9.17, 15) is 41.2 Å². The number of carbonyl (C=O) groups excluding carboxylic acids is 2. The Bertz CT molecular complexity index is 1250. The first-order valence-corrected chi connectivity index (χ1v) is 14.6. The number of piperidine rings is 1. The lowest BCUT2D eigenvalue weighted by Gasteiger charge is -2.32. The minimum Gasteiger partial charge on any atom is -0.384 e. The summed E-state index contributed by atoms with van der Waals surface area (Å²) in [5.41, 5.74) is 0.791. The molecule has 1 aliphatic carbocycles. The Balaban J connectivity index is 1.36. The summed E-state index contributed by atoms with van der Waals surface area (Å²) in [4.78, 5) is 29.1. The standard InChI is InChI=1S/C28H33F6N5O2S/c1-3-39-24(41)21-22(42-25(39)20(14-35)23(40)37-16-27(29,30)31)26(21,2)15-36-19-6-4-5-17(13-19)7-10-38-11-8-18(9-12-38)28(32,33)34/h4-6,13,18,21-22,36H,3,7-12,15-16H2,1-2H3,(H,37,40)/b25-20-. The Morgan fingerprint density at radius 3 is 2.48 bits per heavy atom. The summed E-state index contributed by atoms with van der Waals surface area (Å²) in [6.45, 7) is 4.04. The van der Waals surface area contributed by atoms with Gasteiger partial charge in [0.2, 0.25) is 5.91 Å². The molecule has 1 aromatic rings. The van der Waals surface area contributed by atoms with Gasteiger partial charge in [-0.15, -0.1) is 11.8 Å². The second kappa shape index (κ2) is 12.4. The Morgan fingerprint density at radius 1 is 1.19 bits per heavy atom. The van der Waals surface area contributed by atoms with Crippen molar-refractivity contribution in [1.29, 1.82) is 5.26 Å². The van der Waals surface area contributed by atoms with E-state index in [0.717, 1.165) is 11.3 Å². The van der Waals surface area contributed by atoms with Crippen LogP contribution in [0.15, 0.2) is 34.9 Å². The van der Waals surface area contributed by atoms with E-state index in [0.29, 0.717) is 32.6 Å². The Labute approximate surface area is 244 Å². The average molecular weight is 618 g/mol. The molecule has 0 aromatic heterocycles. The van der Waals surface area contributed by atoms with Gasteiger partial charge in [0, 0.05) is 36.0 Å². The van der Waals surface area contributed by atoms with Gasteiger partial charge in [0.25, 0.3) is 5.91 Å². The molecule has 3 atom stereocenters. The van der Waals surface area contributed by atoms with Crippen LogP contribution in [0.3, 0.4) is 0 Å². The first-order valence-electron chi connectivity index (χ1n) is 13.8. The van der Waals surface area contributed by atoms with Crippen molar-refractivity contribution in [3.8, 4) is 6.07 Å². The number of likely N-dealkylation sites (tertiary alicyclic amines) is 1. The molecule has 14 heteroatoms. The molecule has 1 aromatic carbocycles. The van der Waals surface area contributed by atoms with Gasteiger partial charge >= 0.3 is 12.4 Å². The van der Waals surface area contributed by atoms with E-state index in [4.69, 9.17) is 0 Å². The van der Waals surface area contributed by atoms with Crippen molar-refractivity contribution in [3.05, 3.63) is 40.4 Å². The van der Waals surface area contributed by atoms with E-state index in [2.05, 4.69) is 5.32 Å². The van der Waals surface area contributed by atoms with Crippen molar-refractivity contribution >= 4 is 29.3 Å². The van der Waals surface area contributed by atoms with Crippen molar-refractivity contribution in [3.63, 3.8) is 0 Å². The highest BCUT2D eigenvalue weighted by atomic mass is 32.2. The highest BCUT2D eigenvalue weighted by molar-refractivity contribution is 8.04. The van der Waals surface area contributed by atoms with Crippen molar-refractivity contribution in [2.75, 3.05) is 44.6 Å². The second-order valence-electron chi connectivity index (χ2n) is 11.2. The number of rotatable bonds is 9. The molecule has 3 fully saturated rings. The van der Waals surface area contributed by atoms with Crippen molar-refractivity contribution in [2.45, 2.75) is 50.7 Å². The van der Waals surface area contributed by atoms with Gasteiger partial charge in [0.1, 0.15) is 23.2 Å². The molecule has 7 nitrogen and oxygen atoms in total. The Kier molecular flexibility index (Phi) is 9.42. The summed E-state index contributed by atoms with van der Waals surface area (Å²) in [5, 5.41) is 14.5.